The zero-order valence-corrected chi connectivity index (χ0v) is 12.5. The monoisotopic (exact) mass is 335 g/mol. The highest BCUT2D eigenvalue weighted by atomic mass is 79.9. The van der Waals surface area contributed by atoms with Gasteiger partial charge in [0.1, 0.15) is 0 Å². The zero-order valence-electron chi connectivity index (χ0n) is 10.9. The molecule has 0 heterocycles. The summed E-state index contributed by atoms with van der Waals surface area (Å²) in [6.45, 7) is 0.458. The van der Waals surface area contributed by atoms with Crippen molar-refractivity contribution >= 4 is 21.8 Å². The molecule has 20 heavy (non-hydrogen) atoms. The molecule has 2 N–H and O–H groups in total. The molecule has 0 fully saturated rings. The lowest BCUT2D eigenvalue weighted by Crippen LogP contribution is -2.26. The van der Waals surface area contributed by atoms with E-state index in [0.717, 1.165) is 10.0 Å². The average Bonchev–Trinajstić information content (AvgIpc) is 2.41. The number of hydrogen-bond donors (Lipinski definition) is 2. The van der Waals surface area contributed by atoms with Crippen LogP contribution in [0.4, 0.5) is 0 Å². The predicted molar refractivity (Wildman–Crippen MR) is 79.7 cm³/mol. The fraction of sp³-hybridized carbons (Fsp3) is 0.133. The third kappa shape index (κ3) is 3.30. The van der Waals surface area contributed by atoms with Crippen LogP contribution in [-0.4, -0.2) is 28.1 Å². The van der Waals surface area contributed by atoms with Gasteiger partial charge in [0.25, 0.3) is 5.91 Å². The summed E-state index contributed by atoms with van der Waals surface area (Å²) in [7, 11) is 1.69. The van der Waals surface area contributed by atoms with E-state index in [-0.39, 0.29) is 17.4 Å². The van der Waals surface area contributed by atoms with Crippen LogP contribution in [0.2, 0.25) is 0 Å². The van der Waals surface area contributed by atoms with Crippen molar-refractivity contribution in [2.45, 2.75) is 6.54 Å². The Balaban J connectivity index is 2.14. The molecule has 0 aliphatic carbocycles. The number of phenolic OH excluding ortho intramolecular Hbond substituents is 2. The average molecular weight is 336 g/mol. The molecule has 0 radical (unpaired) electrons. The van der Waals surface area contributed by atoms with E-state index < -0.39 is 0 Å². The summed E-state index contributed by atoms with van der Waals surface area (Å²) in [4.78, 5) is 13.8. The predicted octanol–water partition coefficient (Wildman–Crippen LogP) is 3.13. The minimum absolute atomic E-state index is 0.222. The maximum absolute atomic E-state index is 12.2. The Bertz CT molecular complexity index is 643. The number of aromatic hydroxyl groups is 2. The first-order valence-corrected chi connectivity index (χ1v) is 6.78. The maximum atomic E-state index is 12.2. The van der Waals surface area contributed by atoms with E-state index >= 15 is 0 Å². The largest absolute Gasteiger partial charge is 0.504 e. The van der Waals surface area contributed by atoms with E-state index in [1.54, 1.807) is 11.9 Å². The molecule has 2 aromatic rings. The molecule has 0 saturated heterocycles. The smallest absolute Gasteiger partial charge is 0.254 e. The molecule has 5 heteroatoms. The summed E-state index contributed by atoms with van der Waals surface area (Å²) in [5.74, 6) is -0.761. The van der Waals surface area contributed by atoms with Crippen molar-refractivity contribution in [2.24, 2.45) is 0 Å². The lowest BCUT2D eigenvalue weighted by atomic mass is 10.1. The van der Waals surface area contributed by atoms with Crippen molar-refractivity contribution < 1.29 is 15.0 Å². The normalized spacial score (nSPS) is 10.3. The zero-order chi connectivity index (χ0) is 14.7. The Kier molecular flexibility index (Phi) is 4.29. The minimum Gasteiger partial charge on any atom is -0.504 e. The van der Waals surface area contributed by atoms with Crippen LogP contribution in [0.25, 0.3) is 0 Å². The number of halogens is 1. The fourth-order valence-corrected chi connectivity index (χ4v) is 2.30. The topological polar surface area (TPSA) is 60.8 Å². The van der Waals surface area contributed by atoms with Crippen LogP contribution in [0.3, 0.4) is 0 Å². The van der Waals surface area contributed by atoms with Gasteiger partial charge < -0.3 is 15.1 Å². The van der Waals surface area contributed by atoms with Crippen molar-refractivity contribution in [1.82, 2.24) is 4.90 Å². The van der Waals surface area contributed by atoms with Crippen LogP contribution in [0, 0.1) is 0 Å². The molecular formula is C15H14BrNO3. The number of benzene rings is 2. The quantitative estimate of drug-likeness (QED) is 0.847. The van der Waals surface area contributed by atoms with Gasteiger partial charge in [-0.1, -0.05) is 28.1 Å². The number of nitrogens with zero attached hydrogens (tertiary/aromatic N) is 1. The highest BCUT2D eigenvalue weighted by Gasteiger charge is 2.14. The standard InChI is InChI=1S/C15H14BrNO3/c1-17(9-10-3-2-4-12(16)7-10)15(20)11-5-6-13(18)14(19)8-11/h2-8,18-19H,9H2,1H3. The van der Waals surface area contributed by atoms with Gasteiger partial charge in [-0.3, -0.25) is 4.79 Å². The van der Waals surface area contributed by atoms with Crippen LogP contribution >= 0.6 is 15.9 Å². The number of amides is 1. The summed E-state index contributed by atoms with van der Waals surface area (Å²) in [6, 6.07) is 11.7. The van der Waals surface area contributed by atoms with Crippen LogP contribution < -0.4 is 0 Å². The lowest BCUT2D eigenvalue weighted by Gasteiger charge is -2.17. The summed E-state index contributed by atoms with van der Waals surface area (Å²) in [6.07, 6.45) is 0. The third-order valence-corrected chi connectivity index (χ3v) is 3.37. The summed E-state index contributed by atoms with van der Waals surface area (Å²) in [5.41, 5.74) is 1.33. The van der Waals surface area contributed by atoms with Gasteiger partial charge in [-0.05, 0) is 35.9 Å². The van der Waals surface area contributed by atoms with E-state index in [1.807, 2.05) is 24.3 Å². The van der Waals surface area contributed by atoms with Crippen LogP contribution in [0.15, 0.2) is 46.9 Å². The highest BCUT2D eigenvalue weighted by molar-refractivity contribution is 9.10. The number of carbonyl (C=O) groups excluding carboxylic acids is 1. The van der Waals surface area contributed by atoms with Crippen LogP contribution in [0.1, 0.15) is 15.9 Å². The fourth-order valence-electron chi connectivity index (χ4n) is 1.86. The van der Waals surface area contributed by atoms with E-state index in [1.165, 1.54) is 18.2 Å². The number of carbonyl (C=O) groups is 1. The van der Waals surface area contributed by atoms with Gasteiger partial charge in [0.05, 0.1) is 0 Å². The summed E-state index contributed by atoms with van der Waals surface area (Å²) >= 11 is 3.39. The molecule has 0 aromatic heterocycles. The second kappa shape index (κ2) is 5.96. The van der Waals surface area contributed by atoms with Crippen molar-refractivity contribution in [3.8, 4) is 11.5 Å². The van der Waals surface area contributed by atoms with E-state index in [4.69, 9.17) is 0 Å². The molecule has 1 amide bonds. The molecule has 0 unspecified atom stereocenters. The highest BCUT2D eigenvalue weighted by Crippen LogP contribution is 2.25. The molecular weight excluding hydrogens is 322 g/mol. The third-order valence-electron chi connectivity index (χ3n) is 2.88. The maximum Gasteiger partial charge on any atom is 0.254 e. The number of hydrogen-bond acceptors (Lipinski definition) is 3. The SMILES string of the molecule is CN(Cc1cccc(Br)c1)C(=O)c1ccc(O)c(O)c1. The van der Waals surface area contributed by atoms with Crippen molar-refractivity contribution in [1.29, 1.82) is 0 Å². The molecule has 0 saturated carbocycles. The van der Waals surface area contributed by atoms with Crippen molar-refractivity contribution in [2.75, 3.05) is 7.05 Å². The first kappa shape index (κ1) is 14.4. The first-order valence-electron chi connectivity index (χ1n) is 5.99. The van der Waals surface area contributed by atoms with Gasteiger partial charge in [-0.2, -0.15) is 0 Å². The van der Waals surface area contributed by atoms with Gasteiger partial charge in [-0.15, -0.1) is 0 Å². The van der Waals surface area contributed by atoms with E-state index in [0.29, 0.717) is 12.1 Å². The number of phenols is 2. The van der Waals surface area contributed by atoms with Crippen molar-refractivity contribution in [3.05, 3.63) is 58.1 Å². The van der Waals surface area contributed by atoms with Crippen LogP contribution in [-0.2, 0) is 6.54 Å². The van der Waals surface area contributed by atoms with Gasteiger partial charge in [-0.25, -0.2) is 0 Å². The van der Waals surface area contributed by atoms with Gasteiger partial charge in [0.2, 0.25) is 0 Å². The second-order valence-electron chi connectivity index (χ2n) is 4.49. The lowest BCUT2D eigenvalue weighted by molar-refractivity contribution is 0.0784. The molecule has 4 nitrogen and oxygen atoms in total. The molecule has 0 atom stereocenters. The Morgan fingerprint density at radius 2 is 1.90 bits per heavy atom. The minimum atomic E-state index is -0.299. The Morgan fingerprint density at radius 3 is 2.55 bits per heavy atom. The molecule has 0 aliphatic heterocycles. The van der Waals surface area contributed by atoms with Gasteiger partial charge in [0, 0.05) is 23.6 Å². The van der Waals surface area contributed by atoms with Crippen LogP contribution in [0.5, 0.6) is 11.5 Å². The van der Waals surface area contributed by atoms with E-state index in [9.17, 15) is 15.0 Å². The Labute approximate surface area is 125 Å². The Morgan fingerprint density at radius 1 is 1.15 bits per heavy atom. The first-order chi connectivity index (χ1) is 9.47. The van der Waals surface area contributed by atoms with E-state index in [2.05, 4.69) is 15.9 Å². The second-order valence-corrected chi connectivity index (χ2v) is 5.41. The van der Waals surface area contributed by atoms with Crippen molar-refractivity contribution in [3.63, 3.8) is 0 Å². The Hall–Kier alpha value is -2.01. The molecule has 0 bridgehead atoms. The summed E-state index contributed by atoms with van der Waals surface area (Å²) in [5, 5.41) is 18.7. The van der Waals surface area contributed by atoms with Gasteiger partial charge >= 0.3 is 0 Å². The molecule has 0 spiro atoms. The summed E-state index contributed by atoms with van der Waals surface area (Å²) < 4.78 is 0.957. The van der Waals surface area contributed by atoms with Gasteiger partial charge in [0.15, 0.2) is 11.5 Å². The molecule has 104 valence electrons. The molecule has 2 aromatic carbocycles. The number of rotatable bonds is 3. The molecule has 0 aliphatic rings. The molecule has 2 rings (SSSR count).